The van der Waals surface area contributed by atoms with Crippen LogP contribution in [0.4, 0.5) is 5.69 Å². The quantitative estimate of drug-likeness (QED) is 0.535. The minimum atomic E-state index is -0.266. The molecule has 0 saturated heterocycles. The molecule has 0 aromatic heterocycles. The molecule has 0 fully saturated rings. The van der Waals surface area contributed by atoms with Crippen LogP contribution in [0.5, 0.6) is 0 Å². The Bertz CT molecular complexity index is 958. The van der Waals surface area contributed by atoms with Gasteiger partial charge in [0.15, 0.2) is 5.11 Å². The van der Waals surface area contributed by atoms with Gasteiger partial charge in [-0.05, 0) is 59.2 Å². The summed E-state index contributed by atoms with van der Waals surface area (Å²) in [5, 5.41) is 8.19. The van der Waals surface area contributed by atoms with E-state index in [1.807, 2.05) is 73.7 Å². The van der Waals surface area contributed by atoms with Gasteiger partial charge in [0, 0.05) is 11.8 Å². The van der Waals surface area contributed by atoms with Gasteiger partial charge in [-0.15, -0.1) is 0 Å². The van der Waals surface area contributed by atoms with E-state index in [2.05, 4.69) is 10.6 Å². The highest BCUT2D eigenvalue weighted by Crippen LogP contribution is 2.19. The molecular weight excluding hydrogens is 328 g/mol. The van der Waals surface area contributed by atoms with Crippen molar-refractivity contribution in [1.29, 1.82) is 0 Å². The topological polar surface area (TPSA) is 41.1 Å². The highest BCUT2D eigenvalue weighted by molar-refractivity contribution is 7.80. The first-order valence-electron chi connectivity index (χ1n) is 7.96. The van der Waals surface area contributed by atoms with E-state index in [1.165, 1.54) is 6.08 Å². The SMILES string of the molecule is Cc1cccc(NC(=S)NC(=O)/C=C/c2cccc3ccccc23)c1. The second-order valence-electron chi connectivity index (χ2n) is 5.71. The average Bonchev–Trinajstić information content (AvgIpc) is 2.59. The summed E-state index contributed by atoms with van der Waals surface area (Å²) < 4.78 is 0. The third kappa shape index (κ3) is 4.52. The lowest BCUT2D eigenvalue weighted by molar-refractivity contribution is -0.115. The maximum atomic E-state index is 12.1. The molecule has 0 aliphatic rings. The fraction of sp³-hybridized carbons (Fsp3) is 0.0476. The van der Waals surface area contributed by atoms with Crippen LogP contribution in [-0.4, -0.2) is 11.0 Å². The van der Waals surface area contributed by atoms with Crippen molar-refractivity contribution < 1.29 is 4.79 Å². The third-order valence-corrected chi connectivity index (χ3v) is 3.95. The number of carbonyl (C=O) groups is 1. The lowest BCUT2D eigenvalue weighted by atomic mass is 10.0. The number of hydrogen-bond donors (Lipinski definition) is 2. The van der Waals surface area contributed by atoms with Crippen molar-refractivity contribution in [3.8, 4) is 0 Å². The van der Waals surface area contributed by atoms with Gasteiger partial charge in [0.05, 0.1) is 0 Å². The Hall–Kier alpha value is -2.98. The molecule has 124 valence electrons. The van der Waals surface area contributed by atoms with Gasteiger partial charge in [-0.25, -0.2) is 0 Å². The highest BCUT2D eigenvalue weighted by atomic mass is 32.1. The van der Waals surface area contributed by atoms with Gasteiger partial charge >= 0.3 is 0 Å². The fourth-order valence-electron chi connectivity index (χ4n) is 2.60. The van der Waals surface area contributed by atoms with Gasteiger partial charge in [-0.2, -0.15) is 0 Å². The van der Waals surface area contributed by atoms with Crippen LogP contribution in [0.1, 0.15) is 11.1 Å². The molecule has 2 N–H and O–H groups in total. The second kappa shape index (κ2) is 7.73. The summed E-state index contributed by atoms with van der Waals surface area (Å²) in [7, 11) is 0. The highest BCUT2D eigenvalue weighted by Gasteiger charge is 2.02. The van der Waals surface area contributed by atoms with E-state index in [9.17, 15) is 4.79 Å². The molecular formula is C21H18N2OS. The van der Waals surface area contributed by atoms with Crippen molar-refractivity contribution in [3.63, 3.8) is 0 Å². The summed E-state index contributed by atoms with van der Waals surface area (Å²) >= 11 is 5.19. The number of nitrogens with one attached hydrogen (secondary N) is 2. The van der Waals surface area contributed by atoms with Gasteiger partial charge in [0.1, 0.15) is 0 Å². The first kappa shape index (κ1) is 16.9. The Morgan fingerprint density at radius 2 is 1.76 bits per heavy atom. The Morgan fingerprint density at radius 3 is 2.60 bits per heavy atom. The fourth-order valence-corrected chi connectivity index (χ4v) is 2.82. The molecule has 3 nitrogen and oxygen atoms in total. The molecule has 0 bridgehead atoms. The van der Waals surface area contributed by atoms with E-state index in [1.54, 1.807) is 6.08 Å². The zero-order valence-electron chi connectivity index (χ0n) is 13.8. The molecule has 0 saturated carbocycles. The van der Waals surface area contributed by atoms with E-state index in [0.29, 0.717) is 0 Å². The number of benzene rings is 3. The number of anilines is 1. The predicted octanol–water partition coefficient (Wildman–Crippen LogP) is 4.67. The van der Waals surface area contributed by atoms with E-state index < -0.39 is 0 Å². The number of carbonyl (C=O) groups excluding carboxylic acids is 1. The molecule has 0 atom stereocenters. The molecule has 0 unspecified atom stereocenters. The van der Waals surface area contributed by atoms with Crippen molar-refractivity contribution in [1.82, 2.24) is 5.32 Å². The molecule has 0 aliphatic heterocycles. The summed E-state index contributed by atoms with van der Waals surface area (Å²) in [6.07, 6.45) is 3.29. The van der Waals surface area contributed by atoms with E-state index >= 15 is 0 Å². The van der Waals surface area contributed by atoms with Gasteiger partial charge < -0.3 is 5.32 Å². The normalized spacial score (nSPS) is 10.8. The van der Waals surface area contributed by atoms with Crippen LogP contribution >= 0.6 is 12.2 Å². The lowest BCUT2D eigenvalue weighted by Crippen LogP contribution is -2.32. The van der Waals surface area contributed by atoms with Crippen LogP contribution in [0.2, 0.25) is 0 Å². The van der Waals surface area contributed by atoms with E-state index in [4.69, 9.17) is 12.2 Å². The number of hydrogen-bond acceptors (Lipinski definition) is 2. The van der Waals surface area contributed by atoms with Crippen LogP contribution in [0.25, 0.3) is 16.8 Å². The van der Waals surface area contributed by atoms with Gasteiger partial charge in [0.2, 0.25) is 5.91 Å². The summed E-state index contributed by atoms with van der Waals surface area (Å²) in [5.74, 6) is -0.266. The Labute approximate surface area is 152 Å². The summed E-state index contributed by atoms with van der Waals surface area (Å²) in [5.41, 5.74) is 2.96. The Balaban J connectivity index is 1.65. The molecule has 0 aliphatic carbocycles. The second-order valence-corrected chi connectivity index (χ2v) is 6.12. The standard InChI is InChI=1S/C21H18N2OS/c1-15-6-4-10-18(14-15)22-21(25)23-20(24)13-12-17-9-5-8-16-7-2-3-11-19(16)17/h2-14H,1H3,(H2,22,23,24,25)/b13-12+. The lowest BCUT2D eigenvalue weighted by Gasteiger charge is -2.08. The van der Waals surface area contributed by atoms with Crippen molar-refractivity contribution in [3.05, 3.63) is 83.9 Å². The van der Waals surface area contributed by atoms with Crippen LogP contribution in [0.15, 0.2) is 72.8 Å². The van der Waals surface area contributed by atoms with Gasteiger partial charge in [-0.3, -0.25) is 10.1 Å². The van der Waals surface area contributed by atoms with Crippen LogP contribution < -0.4 is 10.6 Å². The number of fused-ring (bicyclic) bond motifs is 1. The minimum Gasteiger partial charge on any atom is -0.332 e. The van der Waals surface area contributed by atoms with Crippen LogP contribution in [0.3, 0.4) is 0 Å². The summed E-state index contributed by atoms with van der Waals surface area (Å²) in [6, 6.07) is 21.9. The predicted molar refractivity (Wildman–Crippen MR) is 109 cm³/mol. The van der Waals surface area contributed by atoms with Crippen molar-refractivity contribution in [2.24, 2.45) is 0 Å². The zero-order chi connectivity index (χ0) is 17.6. The number of amides is 1. The molecule has 3 rings (SSSR count). The molecule has 0 radical (unpaired) electrons. The molecule has 0 heterocycles. The first-order chi connectivity index (χ1) is 12.1. The Kier molecular flexibility index (Phi) is 5.21. The van der Waals surface area contributed by atoms with E-state index in [-0.39, 0.29) is 11.0 Å². The maximum Gasteiger partial charge on any atom is 0.250 e. The Morgan fingerprint density at radius 1 is 1.00 bits per heavy atom. The molecule has 0 spiro atoms. The summed E-state index contributed by atoms with van der Waals surface area (Å²) in [4.78, 5) is 12.1. The maximum absolute atomic E-state index is 12.1. The zero-order valence-corrected chi connectivity index (χ0v) is 14.6. The average molecular weight is 346 g/mol. The third-order valence-electron chi connectivity index (χ3n) is 3.75. The first-order valence-corrected chi connectivity index (χ1v) is 8.37. The van der Waals surface area contributed by atoms with Crippen molar-refractivity contribution >= 4 is 45.8 Å². The van der Waals surface area contributed by atoms with Crippen LogP contribution in [0, 0.1) is 6.92 Å². The molecule has 3 aromatic rings. The number of aryl methyl sites for hydroxylation is 1. The van der Waals surface area contributed by atoms with Crippen LogP contribution in [-0.2, 0) is 4.79 Å². The monoisotopic (exact) mass is 346 g/mol. The number of rotatable bonds is 3. The summed E-state index contributed by atoms with van der Waals surface area (Å²) in [6.45, 7) is 2.00. The smallest absolute Gasteiger partial charge is 0.250 e. The molecule has 4 heteroatoms. The molecule has 3 aromatic carbocycles. The van der Waals surface area contributed by atoms with Gasteiger partial charge in [0.25, 0.3) is 0 Å². The largest absolute Gasteiger partial charge is 0.332 e. The van der Waals surface area contributed by atoms with Crippen molar-refractivity contribution in [2.45, 2.75) is 6.92 Å². The van der Waals surface area contributed by atoms with Gasteiger partial charge in [-0.1, -0.05) is 54.6 Å². The molecule has 1 amide bonds. The van der Waals surface area contributed by atoms with E-state index in [0.717, 1.165) is 27.6 Å². The van der Waals surface area contributed by atoms with Crippen molar-refractivity contribution in [2.75, 3.05) is 5.32 Å². The number of thiocarbonyl (C=S) groups is 1. The molecule has 25 heavy (non-hydrogen) atoms. The minimum absolute atomic E-state index is 0.266.